The third kappa shape index (κ3) is 4.72. The van der Waals surface area contributed by atoms with Gasteiger partial charge in [0.15, 0.2) is 11.6 Å². The number of nitrogens with one attached hydrogen (secondary N) is 1. The maximum absolute atomic E-state index is 13.7. The molecular weight excluding hydrogens is 357 g/mol. The quantitative estimate of drug-likeness (QED) is 0.767. The lowest BCUT2D eigenvalue weighted by molar-refractivity contribution is -0.0522. The average molecular weight is 375 g/mol. The zero-order valence-corrected chi connectivity index (χ0v) is 13.9. The molecule has 0 aliphatic heterocycles. The van der Waals surface area contributed by atoms with E-state index in [4.69, 9.17) is 5.73 Å². The zero-order chi connectivity index (χ0) is 16.5. The molecule has 1 aromatic rings. The van der Waals surface area contributed by atoms with Gasteiger partial charge in [-0.3, -0.25) is 0 Å². The van der Waals surface area contributed by atoms with Gasteiger partial charge in [0.25, 0.3) is 0 Å². The van der Waals surface area contributed by atoms with Crippen LogP contribution in [0.15, 0.2) is 23.1 Å². The number of hydrogen-bond acceptors (Lipinski definition) is 4. The number of ether oxygens (including phenoxy) is 1. The van der Waals surface area contributed by atoms with Crippen LogP contribution in [0.1, 0.15) is 19.8 Å². The Morgan fingerprint density at radius 2 is 2.04 bits per heavy atom. The van der Waals surface area contributed by atoms with Crippen LogP contribution in [0.5, 0.6) is 5.75 Å². The molecule has 1 saturated carbocycles. The fourth-order valence-electron chi connectivity index (χ4n) is 2.22. The van der Waals surface area contributed by atoms with Crippen molar-refractivity contribution in [3.8, 4) is 5.75 Å². The molecule has 1 aromatic carbocycles. The second-order valence-corrected chi connectivity index (χ2v) is 7.15. The van der Waals surface area contributed by atoms with E-state index in [1.165, 1.54) is 0 Å². The van der Waals surface area contributed by atoms with Crippen LogP contribution in [0.2, 0.25) is 0 Å². The SMILES string of the molecule is CC(CN)(NS(=O)(=O)c1ccc(OC(F)F)c(F)c1)C1CC1.Cl. The summed E-state index contributed by atoms with van der Waals surface area (Å²) in [6.45, 7) is -1.40. The third-order valence-electron chi connectivity index (χ3n) is 3.70. The second kappa shape index (κ2) is 7.25. The van der Waals surface area contributed by atoms with Gasteiger partial charge in [0.1, 0.15) is 0 Å². The fourth-order valence-corrected chi connectivity index (χ4v) is 3.71. The Morgan fingerprint density at radius 1 is 1.43 bits per heavy atom. The van der Waals surface area contributed by atoms with Gasteiger partial charge in [-0.15, -0.1) is 12.4 Å². The smallest absolute Gasteiger partial charge is 0.387 e. The minimum atomic E-state index is -4.02. The van der Waals surface area contributed by atoms with Crippen LogP contribution in [0.25, 0.3) is 0 Å². The fraction of sp³-hybridized carbons (Fsp3) is 0.538. The molecule has 0 aromatic heterocycles. The van der Waals surface area contributed by atoms with Gasteiger partial charge < -0.3 is 10.5 Å². The monoisotopic (exact) mass is 374 g/mol. The van der Waals surface area contributed by atoms with E-state index in [1.54, 1.807) is 6.92 Å². The number of sulfonamides is 1. The van der Waals surface area contributed by atoms with E-state index in [0.717, 1.165) is 25.0 Å². The van der Waals surface area contributed by atoms with Gasteiger partial charge in [0.05, 0.1) is 4.90 Å². The Kier molecular flexibility index (Phi) is 6.31. The predicted octanol–water partition coefficient (Wildman–Crippen LogP) is 2.25. The summed E-state index contributed by atoms with van der Waals surface area (Å²) in [5.41, 5.74) is 4.83. The molecule has 0 spiro atoms. The van der Waals surface area contributed by atoms with Crippen LogP contribution in [-0.4, -0.2) is 27.1 Å². The summed E-state index contributed by atoms with van der Waals surface area (Å²) in [7, 11) is -4.02. The molecule has 0 saturated heterocycles. The molecule has 132 valence electrons. The van der Waals surface area contributed by atoms with E-state index in [1.807, 2.05) is 0 Å². The molecule has 10 heteroatoms. The van der Waals surface area contributed by atoms with Gasteiger partial charge in [-0.1, -0.05) is 0 Å². The van der Waals surface area contributed by atoms with Crippen molar-refractivity contribution in [1.29, 1.82) is 0 Å². The third-order valence-corrected chi connectivity index (χ3v) is 5.31. The first-order chi connectivity index (χ1) is 10.2. The molecule has 1 unspecified atom stereocenters. The van der Waals surface area contributed by atoms with Crippen LogP contribution < -0.4 is 15.2 Å². The first kappa shape index (κ1) is 20.0. The molecule has 1 aliphatic rings. The second-order valence-electron chi connectivity index (χ2n) is 5.47. The first-order valence-electron chi connectivity index (χ1n) is 6.66. The topological polar surface area (TPSA) is 81.4 Å². The number of nitrogens with two attached hydrogens (primary N) is 1. The highest BCUT2D eigenvalue weighted by molar-refractivity contribution is 7.89. The summed E-state index contributed by atoms with van der Waals surface area (Å²) in [6, 6.07) is 2.50. The Bertz CT molecular complexity index is 656. The minimum Gasteiger partial charge on any atom is -0.432 e. The van der Waals surface area contributed by atoms with Gasteiger partial charge in [-0.05, 0) is 43.9 Å². The van der Waals surface area contributed by atoms with Crippen molar-refractivity contribution in [1.82, 2.24) is 4.72 Å². The van der Waals surface area contributed by atoms with E-state index < -0.39 is 33.7 Å². The maximum atomic E-state index is 13.7. The summed E-state index contributed by atoms with van der Waals surface area (Å²) in [5, 5.41) is 0. The molecule has 1 aliphatic carbocycles. The Balaban J connectivity index is 0.00000264. The van der Waals surface area contributed by atoms with Crippen molar-refractivity contribution in [3.05, 3.63) is 24.0 Å². The Hall–Kier alpha value is -1.03. The summed E-state index contributed by atoms with van der Waals surface area (Å²) >= 11 is 0. The van der Waals surface area contributed by atoms with Crippen LogP contribution in [-0.2, 0) is 10.0 Å². The van der Waals surface area contributed by atoms with Crippen molar-refractivity contribution in [3.63, 3.8) is 0 Å². The molecule has 1 atom stereocenters. The van der Waals surface area contributed by atoms with Crippen molar-refractivity contribution in [2.24, 2.45) is 11.7 Å². The van der Waals surface area contributed by atoms with Gasteiger partial charge in [0.2, 0.25) is 10.0 Å². The minimum absolute atomic E-state index is 0. The molecule has 0 heterocycles. The van der Waals surface area contributed by atoms with Gasteiger partial charge >= 0.3 is 6.61 Å². The number of halogens is 4. The molecule has 0 bridgehead atoms. The van der Waals surface area contributed by atoms with Crippen LogP contribution in [0.4, 0.5) is 13.2 Å². The Morgan fingerprint density at radius 3 is 2.48 bits per heavy atom. The normalized spacial score (nSPS) is 17.5. The summed E-state index contributed by atoms with van der Waals surface area (Å²) in [4.78, 5) is -0.369. The standard InChI is InChI=1S/C13H17F3N2O3S.ClH/c1-13(7-17,8-2-3-8)18-22(19,20)9-4-5-11(10(14)6-9)21-12(15)16;/h4-6,8,12,18H,2-3,7,17H2,1H3;1H. The maximum Gasteiger partial charge on any atom is 0.387 e. The van der Waals surface area contributed by atoms with Gasteiger partial charge in [-0.2, -0.15) is 8.78 Å². The number of rotatable bonds is 7. The summed E-state index contributed by atoms with van der Waals surface area (Å²) < 4.78 is 68.8. The zero-order valence-electron chi connectivity index (χ0n) is 12.3. The lowest BCUT2D eigenvalue weighted by Crippen LogP contribution is -2.52. The van der Waals surface area contributed by atoms with Crippen molar-refractivity contribution >= 4 is 22.4 Å². The molecule has 2 rings (SSSR count). The van der Waals surface area contributed by atoms with Crippen molar-refractivity contribution in [2.75, 3.05) is 6.54 Å². The number of alkyl halides is 2. The summed E-state index contributed by atoms with van der Waals surface area (Å²) in [6.07, 6.45) is 1.73. The van der Waals surface area contributed by atoms with E-state index in [0.29, 0.717) is 6.07 Å². The lowest BCUT2D eigenvalue weighted by Gasteiger charge is -2.29. The van der Waals surface area contributed by atoms with Crippen molar-refractivity contribution < 1.29 is 26.3 Å². The van der Waals surface area contributed by atoms with Crippen LogP contribution >= 0.6 is 12.4 Å². The predicted molar refractivity (Wildman–Crippen MR) is 80.8 cm³/mol. The highest BCUT2D eigenvalue weighted by atomic mass is 35.5. The molecule has 23 heavy (non-hydrogen) atoms. The molecule has 5 nitrogen and oxygen atoms in total. The Labute approximate surface area is 138 Å². The molecule has 3 N–H and O–H groups in total. The highest BCUT2D eigenvalue weighted by Crippen LogP contribution is 2.39. The van der Waals surface area contributed by atoms with E-state index in [9.17, 15) is 21.6 Å². The molecule has 0 amide bonds. The number of benzene rings is 1. The highest BCUT2D eigenvalue weighted by Gasteiger charge is 2.43. The number of hydrogen-bond donors (Lipinski definition) is 2. The van der Waals surface area contributed by atoms with E-state index >= 15 is 0 Å². The van der Waals surface area contributed by atoms with Gasteiger partial charge in [-0.25, -0.2) is 17.5 Å². The van der Waals surface area contributed by atoms with Crippen LogP contribution in [0.3, 0.4) is 0 Å². The molecule has 1 fully saturated rings. The van der Waals surface area contributed by atoms with E-state index in [2.05, 4.69) is 9.46 Å². The van der Waals surface area contributed by atoms with E-state index in [-0.39, 0.29) is 29.8 Å². The lowest BCUT2D eigenvalue weighted by atomic mass is 9.98. The first-order valence-corrected chi connectivity index (χ1v) is 8.14. The summed E-state index contributed by atoms with van der Waals surface area (Å²) in [5.74, 6) is -1.75. The molecular formula is C13H18ClF3N2O3S. The van der Waals surface area contributed by atoms with Crippen molar-refractivity contribution in [2.45, 2.75) is 36.8 Å². The van der Waals surface area contributed by atoms with Crippen LogP contribution in [0, 0.1) is 11.7 Å². The molecule has 0 radical (unpaired) electrons. The largest absolute Gasteiger partial charge is 0.432 e. The average Bonchev–Trinajstić information content (AvgIpc) is 3.24. The van der Waals surface area contributed by atoms with Gasteiger partial charge in [0, 0.05) is 12.1 Å².